The first-order valence-corrected chi connectivity index (χ1v) is 4.08. The van der Waals surface area contributed by atoms with Crippen molar-refractivity contribution >= 4 is 11.6 Å². The summed E-state index contributed by atoms with van der Waals surface area (Å²) in [5, 5.41) is 0.717. The molecule has 0 saturated heterocycles. The third kappa shape index (κ3) is 3.11. The number of methoxy groups -OCH3 is 1. The molecule has 3 heteroatoms. The number of benzene rings is 1. The Morgan fingerprint density at radius 3 is 2.42 bits per heavy atom. The molecule has 0 atom stereocenters. The first-order chi connectivity index (χ1) is 5.83. The number of rotatable bonds is 4. The third-order valence-corrected chi connectivity index (χ3v) is 1.62. The fraction of sp³-hybridized carbons (Fsp3) is 0.333. The Morgan fingerprint density at radius 2 is 1.83 bits per heavy atom. The van der Waals surface area contributed by atoms with Gasteiger partial charge in [-0.25, -0.2) is 0 Å². The highest BCUT2D eigenvalue weighted by Crippen LogP contribution is 2.14. The normalized spacial score (nSPS) is 9.83. The van der Waals surface area contributed by atoms with Crippen molar-refractivity contribution in [3.05, 3.63) is 29.3 Å². The van der Waals surface area contributed by atoms with Crippen molar-refractivity contribution in [1.29, 1.82) is 0 Å². The van der Waals surface area contributed by atoms with Crippen LogP contribution in [0.2, 0.25) is 5.02 Å². The van der Waals surface area contributed by atoms with E-state index in [4.69, 9.17) is 21.1 Å². The van der Waals surface area contributed by atoms with Crippen molar-refractivity contribution in [3.63, 3.8) is 0 Å². The molecular formula is C9H11ClO2. The van der Waals surface area contributed by atoms with Crippen molar-refractivity contribution in [2.45, 2.75) is 0 Å². The molecule has 0 amide bonds. The first kappa shape index (κ1) is 9.36. The van der Waals surface area contributed by atoms with Gasteiger partial charge in [0.1, 0.15) is 12.4 Å². The summed E-state index contributed by atoms with van der Waals surface area (Å²) in [5.74, 6) is 0.816. The fourth-order valence-electron chi connectivity index (χ4n) is 0.774. The zero-order valence-electron chi connectivity index (χ0n) is 6.92. The van der Waals surface area contributed by atoms with Gasteiger partial charge < -0.3 is 9.47 Å². The lowest BCUT2D eigenvalue weighted by atomic mass is 10.3. The Labute approximate surface area is 77.1 Å². The summed E-state index contributed by atoms with van der Waals surface area (Å²) >= 11 is 5.69. The average molecular weight is 187 g/mol. The monoisotopic (exact) mass is 186 g/mol. The van der Waals surface area contributed by atoms with Gasteiger partial charge >= 0.3 is 0 Å². The highest BCUT2D eigenvalue weighted by Gasteiger charge is 1.92. The molecule has 0 aliphatic carbocycles. The molecule has 0 spiro atoms. The molecule has 1 aromatic carbocycles. The van der Waals surface area contributed by atoms with Gasteiger partial charge in [-0.05, 0) is 24.3 Å². The fourth-order valence-corrected chi connectivity index (χ4v) is 0.900. The van der Waals surface area contributed by atoms with Gasteiger partial charge in [-0.15, -0.1) is 0 Å². The van der Waals surface area contributed by atoms with Crippen LogP contribution in [0.1, 0.15) is 0 Å². The van der Waals surface area contributed by atoms with Crippen molar-refractivity contribution in [2.75, 3.05) is 20.3 Å². The van der Waals surface area contributed by atoms with Crippen LogP contribution in [0.3, 0.4) is 0 Å². The van der Waals surface area contributed by atoms with Crippen LogP contribution in [0.4, 0.5) is 0 Å². The lowest BCUT2D eigenvalue weighted by Crippen LogP contribution is -2.03. The van der Waals surface area contributed by atoms with E-state index >= 15 is 0 Å². The second-order valence-corrected chi connectivity index (χ2v) is 2.73. The lowest BCUT2D eigenvalue weighted by molar-refractivity contribution is 0.146. The Balaban J connectivity index is 2.37. The number of hydrogen-bond donors (Lipinski definition) is 0. The molecule has 0 saturated carbocycles. The van der Waals surface area contributed by atoms with Crippen molar-refractivity contribution in [1.82, 2.24) is 0 Å². The van der Waals surface area contributed by atoms with E-state index < -0.39 is 0 Å². The third-order valence-electron chi connectivity index (χ3n) is 1.37. The maximum Gasteiger partial charge on any atom is 0.119 e. The molecule has 0 heterocycles. The van der Waals surface area contributed by atoms with Crippen molar-refractivity contribution in [3.8, 4) is 5.75 Å². The molecule has 1 rings (SSSR count). The van der Waals surface area contributed by atoms with Crippen LogP contribution in [0.15, 0.2) is 24.3 Å². The summed E-state index contributed by atoms with van der Waals surface area (Å²) in [5.41, 5.74) is 0. The first-order valence-electron chi connectivity index (χ1n) is 3.70. The lowest BCUT2D eigenvalue weighted by Gasteiger charge is -2.04. The van der Waals surface area contributed by atoms with E-state index in [1.165, 1.54) is 0 Å². The van der Waals surface area contributed by atoms with E-state index in [1.54, 1.807) is 19.2 Å². The van der Waals surface area contributed by atoms with Gasteiger partial charge in [0.2, 0.25) is 0 Å². The molecule has 1 aromatic rings. The second kappa shape index (κ2) is 5.01. The largest absolute Gasteiger partial charge is 0.491 e. The standard InChI is InChI=1S/C9H11ClO2/c1-11-6-7-12-9-4-2-8(10)3-5-9/h2-5H,6-7H2,1H3. The predicted octanol–water partition coefficient (Wildman–Crippen LogP) is 2.37. The number of halogens is 1. The van der Waals surface area contributed by atoms with Crippen molar-refractivity contribution < 1.29 is 9.47 Å². The van der Waals surface area contributed by atoms with Crippen LogP contribution >= 0.6 is 11.6 Å². The Hall–Kier alpha value is -0.730. The molecule has 66 valence electrons. The maximum atomic E-state index is 5.69. The molecule has 2 nitrogen and oxygen atoms in total. The van der Waals surface area contributed by atoms with Gasteiger partial charge in [0.05, 0.1) is 6.61 Å². The van der Waals surface area contributed by atoms with Gasteiger partial charge in [0.25, 0.3) is 0 Å². The van der Waals surface area contributed by atoms with Gasteiger partial charge in [0, 0.05) is 12.1 Å². The molecule has 0 unspecified atom stereocenters. The second-order valence-electron chi connectivity index (χ2n) is 2.30. The van der Waals surface area contributed by atoms with Crippen LogP contribution in [0.5, 0.6) is 5.75 Å². The number of hydrogen-bond acceptors (Lipinski definition) is 2. The molecular weight excluding hydrogens is 176 g/mol. The molecule has 0 fully saturated rings. The van der Waals surface area contributed by atoms with Crippen LogP contribution in [0, 0.1) is 0 Å². The molecule has 0 aromatic heterocycles. The Kier molecular flexibility index (Phi) is 3.91. The van der Waals surface area contributed by atoms with Gasteiger partial charge in [0.15, 0.2) is 0 Å². The van der Waals surface area contributed by atoms with Crippen LogP contribution in [-0.4, -0.2) is 20.3 Å². The van der Waals surface area contributed by atoms with Gasteiger partial charge in [-0.3, -0.25) is 0 Å². The van der Waals surface area contributed by atoms with Crippen LogP contribution in [-0.2, 0) is 4.74 Å². The molecule has 0 N–H and O–H groups in total. The van der Waals surface area contributed by atoms with Gasteiger partial charge in [-0.2, -0.15) is 0 Å². The minimum Gasteiger partial charge on any atom is -0.491 e. The Morgan fingerprint density at radius 1 is 1.17 bits per heavy atom. The quantitative estimate of drug-likeness (QED) is 0.673. The highest BCUT2D eigenvalue weighted by atomic mass is 35.5. The van der Waals surface area contributed by atoms with Crippen LogP contribution in [0.25, 0.3) is 0 Å². The zero-order chi connectivity index (χ0) is 8.81. The average Bonchev–Trinajstić information content (AvgIpc) is 2.09. The van der Waals surface area contributed by atoms with Gasteiger partial charge in [-0.1, -0.05) is 11.6 Å². The van der Waals surface area contributed by atoms with E-state index in [2.05, 4.69) is 0 Å². The molecule has 12 heavy (non-hydrogen) atoms. The molecule has 0 bridgehead atoms. The number of ether oxygens (including phenoxy) is 2. The van der Waals surface area contributed by atoms with Crippen LogP contribution < -0.4 is 4.74 Å². The summed E-state index contributed by atoms with van der Waals surface area (Å²) in [6.45, 7) is 1.17. The van der Waals surface area contributed by atoms with E-state index in [9.17, 15) is 0 Å². The summed E-state index contributed by atoms with van der Waals surface area (Å²) in [6, 6.07) is 7.25. The SMILES string of the molecule is COCCOc1ccc(Cl)cc1. The maximum absolute atomic E-state index is 5.69. The minimum atomic E-state index is 0.568. The van der Waals surface area contributed by atoms with Crippen molar-refractivity contribution in [2.24, 2.45) is 0 Å². The molecule has 0 aliphatic rings. The van der Waals surface area contributed by atoms with E-state index in [0.717, 1.165) is 5.75 Å². The summed E-state index contributed by atoms with van der Waals surface area (Å²) in [6.07, 6.45) is 0. The summed E-state index contributed by atoms with van der Waals surface area (Å²) < 4.78 is 10.2. The summed E-state index contributed by atoms with van der Waals surface area (Å²) in [4.78, 5) is 0. The van der Waals surface area contributed by atoms with E-state index in [0.29, 0.717) is 18.2 Å². The minimum absolute atomic E-state index is 0.568. The van der Waals surface area contributed by atoms with E-state index in [1.807, 2.05) is 12.1 Å². The molecule has 0 aliphatic heterocycles. The van der Waals surface area contributed by atoms with E-state index in [-0.39, 0.29) is 0 Å². The molecule has 0 radical (unpaired) electrons. The smallest absolute Gasteiger partial charge is 0.119 e. The zero-order valence-corrected chi connectivity index (χ0v) is 7.67. The predicted molar refractivity (Wildman–Crippen MR) is 48.8 cm³/mol. The highest BCUT2D eigenvalue weighted by molar-refractivity contribution is 6.30. The summed E-state index contributed by atoms with van der Waals surface area (Å²) in [7, 11) is 1.64. The topological polar surface area (TPSA) is 18.5 Å². The Bertz CT molecular complexity index is 220.